The highest BCUT2D eigenvalue weighted by Crippen LogP contribution is 2.67. The molecule has 1 spiro atoms. The zero-order chi connectivity index (χ0) is 25.1. The van der Waals surface area contributed by atoms with Crippen molar-refractivity contribution in [2.75, 3.05) is 0 Å². The maximum atomic E-state index is 13.3. The fourth-order valence-corrected chi connectivity index (χ4v) is 6.77. The first kappa shape index (κ1) is 24.7. The van der Waals surface area contributed by atoms with Crippen molar-refractivity contribution in [3.8, 4) is 0 Å². The van der Waals surface area contributed by atoms with Gasteiger partial charge in [-0.1, -0.05) is 25.1 Å². The molecule has 2 saturated carbocycles. The van der Waals surface area contributed by atoms with E-state index in [9.17, 15) is 19.5 Å². The van der Waals surface area contributed by atoms with Crippen LogP contribution >= 0.6 is 0 Å². The monoisotopic (exact) mass is 474 g/mol. The topological polar surface area (TPSA) is 108 Å². The smallest absolute Gasteiger partial charge is 0.338 e. The number of hydrogen-bond donors (Lipinski definition) is 1. The lowest BCUT2D eigenvalue weighted by Crippen LogP contribution is -2.74. The first-order chi connectivity index (χ1) is 15.8. The van der Waals surface area contributed by atoms with Crippen molar-refractivity contribution in [3.05, 3.63) is 35.9 Å². The summed E-state index contributed by atoms with van der Waals surface area (Å²) < 4.78 is 24.5. The van der Waals surface area contributed by atoms with E-state index >= 15 is 0 Å². The molecule has 1 N–H and O–H groups in total. The summed E-state index contributed by atoms with van der Waals surface area (Å²) in [7, 11) is 0. The summed E-state index contributed by atoms with van der Waals surface area (Å²) in [6.07, 6.45) is -3.03. The highest BCUT2D eigenvalue weighted by molar-refractivity contribution is 5.89. The Kier molecular flexibility index (Phi) is 6.05. The predicted octanol–water partition coefficient (Wildman–Crippen LogP) is 3.05. The van der Waals surface area contributed by atoms with E-state index in [1.807, 2.05) is 27.7 Å². The fourth-order valence-electron chi connectivity index (χ4n) is 6.77. The molecule has 1 heterocycles. The average molecular weight is 475 g/mol. The van der Waals surface area contributed by atoms with E-state index in [0.29, 0.717) is 18.4 Å². The summed E-state index contributed by atoms with van der Waals surface area (Å²) in [6.45, 7) is 10.3. The van der Waals surface area contributed by atoms with E-state index < -0.39 is 58.9 Å². The Hall–Kier alpha value is -2.45. The third-order valence-electron chi connectivity index (χ3n) is 8.23. The van der Waals surface area contributed by atoms with Crippen molar-refractivity contribution in [2.24, 2.45) is 17.3 Å². The van der Waals surface area contributed by atoms with Crippen LogP contribution in [0.2, 0.25) is 0 Å². The molecule has 2 bridgehead atoms. The number of rotatable bonds is 4. The maximum absolute atomic E-state index is 13.3. The van der Waals surface area contributed by atoms with Crippen molar-refractivity contribution in [1.29, 1.82) is 0 Å². The molecular formula is C26H34O8. The number of carbonyl (C=O) groups is 3. The van der Waals surface area contributed by atoms with Crippen molar-refractivity contribution in [3.63, 3.8) is 0 Å². The third kappa shape index (κ3) is 3.62. The number of fused-ring (bicyclic) bond motifs is 1. The molecule has 1 aliphatic heterocycles. The van der Waals surface area contributed by atoms with Gasteiger partial charge in [0.25, 0.3) is 0 Å². The van der Waals surface area contributed by atoms with Gasteiger partial charge in [0.2, 0.25) is 0 Å². The number of aliphatic hydroxyl groups is 1. The molecule has 34 heavy (non-hydrogen) atoms. The molecule has 0 radical (unpaired) electrons. The molecule has 3 fully saturated rings. The molecule has 8 unspecified atom stereocenters. The van der Waals surface area contributed by atoms with E-state index in [0.717, 1.165) is 0 Å². The first-order valence-corrected chi connectivity index (χ1v) is 11.8. The quantitative estimate of drug-likeness (QED) is 0.524. The minimum atomic E-state index is -1.19. The number of esters is 3. The molecule has 186 valence electrons. The van der Waals surface area contributed by atoms with Gasteiger partial charge in [0.15, 0.2) is 6.10 Å². The molecular weight excluding hydrogens is 440 g/mol. The molecule has 2 aliphatic carbocycles. The summed E-state index contributed by atoms with van der Waals surface area (Å²) in [5, 5.41) is 11.1. The Morgan fingerprint density at radius 3 is 2.18 bits per heavy atom. The Labute approximate surface area is 199 Å². The van der Waals surface area contributed by atoms with Crippen LogP contribution in [-0.2, 0) is 28.5 Å². The highest BCUT2D eigenvalue weighted by atomic mass is 16.6. The summed E-state index contributed by atoms with van der Waals surface area (Å²) in [6, 6.07) is 8.53. The SMILES string of the molecule is CC(=O)OC1C2CC3(OC2(C)C)C(C)CC(O)C(OC(C)=O)C3(C)C1OC(=O)c1ccccc1. The largest absolute Gasteiger partial charge is 0.459 e. The van der Waals surface area contributed by atoms with Gasteiger partial charge in [-0.25, -0.2) is 4.79 Å². The van der Waals surface area contributed by atoms with Gasteiger partial charge in [0.1, 0.15) is 12.2 Å². The molecule has 8 heteroatoms. The lowest BCUT2D eigenvalue weighted by Gasteiger charge is -2.62. The van der Waals surface area contributed by atoms with Crippen LogP contribution in [-0.4, -0.2) is 58.6 Å². The second kappa shape index (κ2) is 8.34. The van der Waals surface area contributed by atoms with Gasteiger partial charge in [-0.05, 0) is 51.7 Å². The van der Waals surface area contributed by atoms with Crippen LogP contribution in [0.3, 0.4) is 0 Å². The van der Waals surface area contributed by atoms with Gasteiger partial charge >= 0.3 is 17.9 Å². The molecule has 1 aromatic carbocycles. The summed E-state index contributed by atoms with van der Waals surface area (Å²) in [5.74, 6) is -2.08. The van der Waals surface area contributed by atoms with Crippen LogP contribution in [0.15, 0.2) is 30.3 Å². The average Bonchev–Trinajstić information content (AvgIpc) is 3.02. The van der Waals surface area contributed by atoms with E-state index in [4.69, 9.17) is 18.9 Å². The third-order valence-corrected chi connectivity index (χ3v) is 8.23. The lowest BCUT2D eigenvalue weighted by atomic mass is 9.49. The summed E-state index contributed by atoms with van der Waals surface area (Å²) in [4.78, 5) is 37.6. The van der Waals surface area contributed by atoms with Gasteiger partial charge < -0.3 is 24.1 Å². The van der Waals surface area contributed by atoms with Gasteiger partial charge in [-0.15, -0.1) is 0 Å². The number of ether oxygens (including phenoxy) is 4. The molecule has 0 amide bonds. The Balaban J connectivity index is 1.90. The predicted molar refractivity (Wildman–Crippen MR) is 121 cm³/mol. The van der Waals surface area contributed by atoms with Gasteiger partial charge in [0, 0.05) is 19.8 Å². The second-order valence-corrected chi connectivity index (χ2v) is 10.7. The van der Waals surface area contributed by atoms with Crippen molar-refractivity contribution >= 4 is 17.9 Å². The van der Waals surface area contributed by atoms with E-state index in [1.165, 1.54) is 13.8 Å². The van der Waals surface area contributed by atoms with Crippen LogP contribution in [0.25, 0.3) is 0 Å². The zero-order valence-corrected chi connectivity index (χ0v) is 20.6. The molecule has 1 aromatic rings. The second-order valence-electron chi connectivity index (χ2n) is 10.7. The van der Waals surface area contributed by atoms with Crippen LogP contribution in [0.1, 0.15) is 64.7 Å². The van der Waals surface area contributed by atoms with Crippen molar-refractivity contribution in [2.45, 2.75) is 90.0 Å². The molecule has 8 atom stereocenters. The van der Waals surface area contributed by atoms with Crippen molar-refractivity contribution in [1.82, 2.24) is 0 Å². The molecule has 1 saturated heterocycles. The molecule has 4 rings (SSSR count). The van der Waals surface area contributed by atoms with Crippen LogP contribution in [0.4, 0.5) is 0 Å². The minimum Gasteiger partial charge on any atom is -0.459 e. The maximum Gasteiger partial charge on any atom is 0.338 e. The minimum absolute atomic E-state index is 0.139. The first-order valence-electron chi connectivity index (χ1n) is 11.8. The zero-order valence-electron chi connectivity index (χ0n) is 20.6. The van der Waals surface area contributed by atoms with Crippen LogP contribution in [0.5, 0.6) is 0 Å². The van der Waals surface area contributed by atoms with Crippen molar-refractivity contribution < 1.29 is 38.4 Å². The van der Waals surface area contributed by atoms with E-state index in [-0.39, 0.29) is 11.8 Å². The molecule has 0 aromatic heterocycles. The van der Waals surface area contributed by atoms with Crippen LogP contribution < -0.4 is 0 Å². The number of carbonyl (C=O) groups excluding carboxylic acids is 3. The molecule has 8 nitrogen and oxygen atoms in total. The van der Waals surface area contributed by atoms with Gasteiger partial charge in [-0.3, -0.25) is 9.59 Å². The number of aliphatic hydroxyl groups excluding tert-OH is 1. The Morgan fingerprint density at radius 2 is 1.59 bits per heavy atom. The normalized spacial score (nSPS) is 40.1. The van der Waals surface area contributed by atoms with E-state index in [1.54, 1.807) is 30.3 Å². The lowest BCUT2D eigenvalue weighted by molar-refractivity contribution is -0.289. The van der Waals surface area contributed by atoms with E-state index in [2.05, 4.69) is 0 Å². The Morgan fingerprint density at radius 1 is 0.971 bits per heavy atom. The summed E-state index contributed by atoms with van der Waals surface area (Å²) in [5.41, 5.74) is -2.44. The number of benzene rings is 1. The summed E-state index contributed by atoms with van der Waals surface area (Å²) >= 11 is 0. The fraction of sp³-hybridized carbons (Fsp3) is 0.654. The van der Waals surface area contributed by atoms with Crippen LogP contribution in [0, 0.1) is 17.3 Å². The van der Waals surface area contributed by atoms with Gasteiger partial charge in [0.05, 0.1) is 28.3 Å². The van der Waals surface area contributed by atoms with Gasteiger partial charge in [-0.2, -0.15) is 0 Å². The Bertz CT molecular complexity index is 974. The standard InChI is InChI=1S/C26H34O8/c1-14-12-19(29)21(32-16(3)28)25(6)22(33-23(30)17-10-8-7-9-11-17)20(31-15(2)27)18-13-26(14,25)34-24(18,4)5/h7-11,14,18-22,29H,12-13H2,1-6H3. The number of hydrogen-bond acceptors (Lipinski definition) is 8. The molecule has 3 aliphatic rings. The highest BCUT2D eigenvalue weighted by Gasteiger charge is 2.78.